The van der Waals surface area contributed by atoms with Crippen LogP contribution in [-0.4, -0.2) is 81.9 Å². The van der Waals surface area contributed by atoms with Crippen LogP contribution in [0.2, 0.25) is 0 Å². The number of ether oxygens (including phenoxy) is 3. The minimum absolute atomic E-state index is 0.0297. The largest absolute Gasteiger partial charge is 0.454 e. The molecule has 3 aromatic rings. The fourth-order valence-corrected chi connectivity index (χ4v) is 5.03. The summed E-state index contributed by atoms with van der Waals surface area (Å²) >= 11 is 0. The summed E-state index contributed by atoms with van der Waals surface area (Å²) in [6.45, 7) is 3.86. The van der Waals surface area contributed by atoms with Gasteiger partial charge in [-0.25, -0.2) is 17.8 Å². The van der Waals surface area contributed by atoms with Gasteiger partial charge >= 0.3 is 0 Å². The van der Waals surface area contributed by atoms with Gasteiger partial charge in [0.05, 0.1) is 24.7 Å². The summed E-state index contributed by atoms with van der Waals surface area (Å²) in [5.41, 5.74) is 1.93. The Hall–Kier alpha value is -4.10. The average Bonchev–Trinajstić information content (AvgIpc) is 3.38. The first-order chi connectivity index (χ1) is 19.1. The maximum Gasteiger partial charge on any atom is 0.242 e. The first-order valence-electron chi connectivity index (χ1n) is 12.6. The third-order valence-electron chi connectivity index (χ3n) is 6.55. The number of fused-ring (bicyclic) bond motifs is 1. The molecule has 0 saturated carbocycles. The van der Waals surface area contributed by atoms with Crippen molar-refractivity contribution in [3.8, 4) is 23.1 Å². The summed E-state index contributed by atoms with van der Waals surface area (Å²) in [5, 5.41) is 0. The van der Waals surface area contributed by atoms with Crippen LogP contribution in [0.5, 0.6) is 23.1 Å². The number of carbonyl (C=O) groups excluding carboxylic acids is 1. The number of nitrogens with one attached hydrogen (secondary N) is 1. The van der Waals surface area contributed by atoms with Gasteiger partial charge in [0.1, 0.15) is 0 Å². The van der Waals surface area contributed by atoms with Gasteiger partial charge in [-0.2, -0.15) is 0 Å². The van der Waals surface area contributed by atoms with Crippen LogP contribution in [0.25, 0.3) is 0 Å². The molecule has 2 aromatic carbocycles. The van der Waals surface area contributed by atoms with Crippen molar-refractivity contribution in [1.29, 1.82) is 0 Å². The van der Waals surface area contributed by atoms with E-state index in [1.165, 1.54) is 30.5 Å². The lowest BCUT2D eigenvalue weighted by Gasteiger charge is -2.35. The number of carbonyl (C=O) groups is 1. The van der Waals surface area contributed by atoms with Gasteiger partial charge in [0, 0.05) is 57.6 Å². The maximum atomic E-state index is 14.8. The fourth-order valence-electron chi connectivity index (χ4n) is 4.48. The number of sulfonamides is 1. The number of pyridine rings is 1. The summed E-state index contributed by atoms with van der Waals surface area (Å²) in [4.78, 5) is 22.8. The summed E-state index contributed by atoms with van der Waals surface area (Å²) in [6.07, 6.45) is 2.31. The van der Waals surface area contributed by atoms with Gasteiger partial charge in [-0.3, -0.25) is 14.4 Å². The third kappa shape index (κ3) is 6.90. The molecule has 0 bridgehead atoms. The van der Waals surface area contributed by atoms with Gasteiger partial charge in [0.15, 0.2) is 23.1 Å². The van der Waals surface area contributed by atoms with Crippen LogP contribution in [0.4, 0.5) is 15.8 Å². The Morgan fingerprint density at radius 1 is 1.07 bits per heavy atom. The van der Waals surface area contributed by atoms with E-state index in [1.54, 1.807) is 18.0 Å². The molecule has 0 aliphatic carbocycles. The smallest absolute Gasteiger partial charge is 0.242 e. The van der Waals surface area contributed by atoms with E-state index >= 15 is 0 Å². The molecule has 0 unspecified atom stereocenters. The molecule has 1 saturated heterocycles. The second kappa shape index (κ2) is 11.6. The molecule has 2 aliphatic heterocycles. The SMILES string of the molecule is CN(CC(=O)N1CCN(Cc2ccc3c(c2)OCO3)CC1)c1ccc(Oc2ccc(NS(C)(=O)=O)cn2)c(F)c1. The molecule has 40 heavy (non-hydrogen) atoms. The lowest BCUT2D eigenvalue weighted by Crippen LogP contribution is -2.50. The molecule has 3 heterocycles. The summed E-state index contributed by atoms with van der Waals surface area (Å²) in [5.74, 6) is 0.941. The molecule has 1 amide bonds. The molecule has 0 spiro atoms. The highest BCUT2D eigenvalue weighted by atomic mass is 32.2. The van der Waals surface area contributed by atoms with E-state index in [9.17, 15) is 17.6 Å². The van der Waals surface area contributed by atoms with E-state index in [0.29, 0.717) is 18.8 Å². The van der Waals surface area contributed by atoms with Crippen molar-refractivity contribution in [2.24, 2.45) is 0 Å². The van der Waals surface area contributed by atoms with Gasteiger partial charge in [-0.05, 0) is 35.9 Å². The number of aromatic nitrogens is 1. The number of halogens is 1. The van der Waals surface area contributed by atoms with Crippen LogP contribution in [0, 0.1) is 5.82 Å². The Kier molecular flexibility index (Phi) is 7.94. The van der Waals surface area contributed by atoms with Crippen LogP contribution < -0.4 is 23.8 Å². The van der Waals surface area contributed by atoms with Crippen molar-refractivity contribution in [3.05, 3.63) is 66.1 Å². The third-order valence-corrected chi connectivity index (χ3v) is 7.16. The number of benzene rings is 2. The molecule has 13 heteroatoms. The number of hydrogen-bond acceptors (Lipinski definition) is 9. The topological polar surface area (TPSA) is 114 Å². The zero-order valence-electron chi connectivity index (χ0n) is 22.2. The highest BCUT2D eigenvalue weighted by Crippen LogP contribution is 2.33. The Bertz CT molecular complexity index is 1480. The van der Waals surface area contributed by atoms with Gasteiger partial charge in [0.2, 0.25) is 28.6 Å². The molecule has 11 nitrogen and oxygen atoms in total. The van der Waals surface area contributed by atoms with Crippen molar-refractivity contribution in [2.75, 3.05) is 62.4 Å². The molecule has 2 aliphatic rings. The minimum Gasteiger partial charge on any atom is -0.454 e. The number of hydrogen-bond donors (Lipinski definition) is 1. The van der Waals surface area contributed by atoms with E-state index in [2.05, 4.69) is 14.6 Å². The highest BCUT2D eigenvalue weighted by Gasteiger charge is 2.23. The molecular weight excluding hydrogens is 541 g/mol. The zero-order valence-corrected chi connectivity index (χ0v) is 23.0. The van der Waals surface area contributed by atoms with Gasteiger partial charge < -0.3 is 24.0 Å². The molecular formula is C27H30FN5O6S. The van der Waals surface area contributed by atoms with Crippen molar-refractivity contribution < 1.29 is 31.8 Å². The van der Waals surface area contributed by atoms with Crippen LogP contribution in [0.1, 0.15) is 5.56 Å². The second-order valence-electron chi connectivity index (χ2n) is 9.68. The summed E-state index contributed by atoms with van der Waals surface area (Å²) < 4.78 is 56.0. The van der Waals surface area contributed by atoms with Gasteiger partial charge in [0.25, 0.3) is 0 Å². The predicted molar refractivity (Wildman–Crippen MR) is 147 cm³/mol. The number of anilines is 2. The fraction of sp³-hybridized carbons (Fsp3) is 0.333. The quantitative estimate of drug-likeness (QED) is 0.414. The molecule has 1 fully saturated rings. The maximum absolute atomic E-state index is 14.8. The van der Waals surface area contributed by atoms with Crippen molar-refractivity contribution in [2.45, 2.75) is 6.54 Å². The minimum atomic E-state index is -3.43. The number of rotatable bonds is 9. The summed E-state index contributed by atoms with van der Waals surface area (Å²) in [7, 11) is -1.70. The Labute approximate surface area is 232 Å². The Morgan fingerprint density at radius 2 is 1.85 bits per heavy atom. The molecule has 1 aromatic heterocycles. The lowest BCUT2D eigenvalue weighted by atomic mass is 10.1. The average molecular weight is 572 g/mol. The van der Waals surface area contributed by atoms with Crippen molar-refractivity contribution in [1.82, 2.24) is 14.8 Å². The molecule has 0 atom stereocenters. The van der Waals surface area contributed by atoms with Crippen LogP contribution in [-0.2, 0) is 21.4 Å². The molecule has 0 radical (unpaired) electrons. The molecule has 212 valence electrons. The van der Waals surface area contributed by atoms with Crippen molar-refractivity contribution >= 4 is 27.3 Å². The predicted octanol–water partition coefficient (Wildman–Crippen LogP) is 2.89. The van der Waals surface area contributed by atoms with Gasteiger partial charge in [-0.1, -0.05) is 6.07 Å². The Balaban J connectivity index is 1.11. The second-order valence-corrected chi connectivity index (χ2v) is 11.4. The first kappa shape index (κ1) is 27.5. The first-order valence-corrected chi connectivity index (χ1v) is 14.5. The highest BCUT2D eigenvalue weighted by molar-refractivity contribution is 7.92. The Morgan fingerprint density at radius 3 is 2.55 bits per heavy atom. The van der Waals surface area contributed by atoms with Gasteiger partial charge in [-0.15, -0.1) is 0 Å². The van der Waals surface area contributed by atoms with E-state index in [4.69, 9.17) is 14.2 Å². The molecule has 1 N–H and O–H groups in total. The monoisotopic (exact) mass is 571 g/mol. The van der Waals surface area contributed by atoms with E-state index in [-0.39, 0.29) is 36.6 Å². The summed E-state index contributed by atoms with van der Waals surface area (Å²) in [6, 6.07) is 13.3. The van der Waals surface area contributed by atoms with E-state index in [0.717, 1.165) is 43.0 Å². The standard InChI is InChI=1S/C27H30FN5O6S/c1-31(21-5-7-23(22(28)14-21)39-26-8-4-20(15-29-26)30-40(2,35)36)17-27(34)33-11-9-32(10-12-33)16-19-3-6-24-25(13-19)38-18-37-24/h3-8,13-15,30H,9-12,16-18H2,1-2H3. The zero-order chi connectivity index (χ0) is 28.3. The number of piperazine rings is 1. The normalized spacial score (nSPS) is 15.1. The molecule has 5 rings (SSSR count). The van der Waals surface area contributed by atoms with Crippen molar-refractivity contribution in [3.63, 3.8) is 0 Å². The van der Waals surface area contributed by atoms with E-state index in [1.807, 2.05) is 23.1 Å². The lowest BCUT2D eigenvalue weighted by molar-refractivity contribution is -0.131. The van der Waals surface area contributed by atoms with Crippen LogP contribution in [0.15, 0.2) is 54.7 Å². The number of amides is 1. The van der Waals surface area contributed by atoms with Crippen LogP contribution in [0.3, 0.4) is 0 Å². The number of nitrogens with zero attached hydrogens (tertiary/aromatic N) is 4. The van der Waals surface area contributed by atoms with Crippen LogP contribution >= 0.6 is 0 Å². The van der Waals surface area contributed by atoms with E-state index < -0.39 is 15.8 Å². The number of likely N-dealkylation sites (N-methyl/N-ethyl adjacent to an activating group) is 1.